The highest BCUT2D eigenvalue weighted by molar-refractivity contribution is 7.91. The van der Waals surface area contributed by atoms with Gasteiger partial charge in [0.05, 0.1) is 0 Å². The van der Waals surface area contributed by atoms with Crippen molar-refractivity contribution in [3.63, 3.8) is 0 Å². The van der Waals surface area contributed by atoms with E-state index in [0.29, 0.717) is 0 Å². The van der Waals surface area contributed by atoms with E-state index in [4.69, 9.17) is 15.6 Å². The Morgan fingerprint density at radius 1 is 1.75 bits per heavy atom. The van der Waals surface area contributed by atoms with Crippen molar-refractivity contribution in [2.45, 2.75) is 12.5 Å². The second-order valence-corrected chi connectivity index (χ2v) is 4.86. The van der Waals surface area contributed by atoms with Gasteiger partial charge in [-0.25, -0.2) is 0 Å². The molecule has 0 aromatic heterocycles. The van der Waals surface area contributed by atoms with Crippen LogP contribution < -0.4 is 11.9 Å². The molecule has 6 nitrogen and oxygen atoms in total. The van der Waals surface area contributed by atoms with Gasteiger partial charge in [0.2, 0.25) is 0 Å². The molecule has 0 fully saturated rings. The standard InChI is InChI=1S/C5H12N2O3S.H3N/c1-11(7,10)3-2-4(6)5(8)9;/h4,7H,2-3,6H2,1H3,(H,8,9);1H3/t4-,11?;/m0./s1. The molecule has 7 heteroatoms. The minimum absolute atomic E-state index is 0. The minimum Gasteiger partial charge on any atom is -0.480 e. The van der Waals surface area contributed by atoms with Crippen molar-refractivity contribution in [3.05, 3.63) is 0 Å². The van der Waals surface area contributed by atoms with Crippen LogP contribution in [0.4, 0.5) is 0 Å². The van der Waals surface area contributed by atoms with Crippen LogP contribution in [-0.4, -0.2) is 33.3 Å². The van der Waals surface area contributed by atoms with Crippen LogP contribution >= 0.6 is 0 Å². The van der Waals surface area contributed by atoms with E-state index in [1.165, 1.54) is 6.26 Å². The summed E-state index contributed by atoms with van der Waals surface area (Å²) in [5, 5.41) is 8.30. The highest BCUT2D eigenvalue weighted by Gasteiger charge is 2.12. The lowest BCUT2D eigenvalue weighted by Crippen LogP contribution is -2.31. The van der Waals surface area contributed by atoms with Crippen LogP contribution in [0, 0.1) is 4.78 Å². The normalized spacial score (nSPS) is 17.2. The maximum atomic E-state index is 10.7. The van der Waals surface area contributed by atoms with Crippen molar-refractivity contribution < 1.29 is 14.1 Å². The lowest BCUT2D eigenvalue weighted by Gasteiger charge is -2.04. The smallest absolute Gasteiger partial charge is 0.320 e. The molecular formula is C5H15N3O3S. The van der Waals surface area contributed by atoms with Crippen LogP contribution in [-0.2, 0) is 14.5 Å². The average Bonchev–Trinajstić information content (AvgIpc) is 1.80. The van der Waals surface area contributed by atoms with Gasteiger partial charge in [-0.3, -0.25) is 13.8 Å². The second-order valence-electron chi connectivity index (χ2n) is 2.44. The summed E-state index contributed by atoms with van der Waals surface area (Å²) in [6.45, 7) is 0. The average molecular weight is 197 g/mol. The number of nitrogens with one attached hydrogen (secondary N) is 1. The van der Waals surface area contributed by atoms with Crippen molar-refractivity contribution in [1.29, 1.82) is 4.78 Å². The topological polar surface area (TPSA) is 139 Å². The van der Waals surface area contributed by atoms with Crippen LogP contribution in [0.1, 0.15) is 6.42 Å². The Labute approximate surface area is 71.7 Å². The Hall–Kier alpha value is -0.660. The number of carbonyl (C=O) groups is 1. The maximum absolute atomic E-state index is 10.7. The molecule has 0 heterocycles. The lowest BCUT2D eigenvalue weighted by atomic mass is 10.2. The van der Waals surface area contributed by atoms with E-state index >= 15 is 0 Å². The van der Waals surface area contributed by atoms with Crippen molar-refractivity contribution in [2.24, 2.45) is 5.73 Å². The van der Waals surface area contributed by atoms with E-state index in [1.807, 2.05) is 0 Å². The molecule has 0 saturated carbocycles. The highest BCUT2D eigenvalue weighted by atomic mass is 32.2. The first-order chi connectivity index (χ1) is 4.83. The van der Waals surface area contributed by atoms with E-state index in [-0.39, 0.29) is 18.3 Å². The van der Waals surface area contributed by atoms with E-state index in [2.05, 4.69) is 0 Å². The molecule has 7 N–H and O–H groups in total. The fourth-order valence-electron chi connectivity index (χ4n) is 0.475. The molecule has 0 aliphatic heterocycles. The monoisotopic (exact) mass is 197 g/mol. The van der Waals surface area contributed by atoms with Gasteiger partial charge in [0.15, 0.2) is 0 Å². The van der Waals surface area contributed by atoms with Crippen molar-refractivity contribution in [3.8, 4) is 0 Å². The highest BCUT2D eigenvalue weighted by Crippen LogP contribution is 1.94. The zero-order chi connectivity index (χ0) is 9.07. The van der Waals surface area contributed by atoms with Gasteiger partial charge in [-0.15, -0.1) is 0 Å². The molecule has 74 valence electrons. The van der Waals surface area contributed by atoms with Crippen LogP contribution in [0.25, 0.3) is 0 Å². The second kappa shape index (κ2) is 5.07. The van der Waals surface area contributed by atoms with Crippen LogP contribution in [0.3, 0.4) is 0 Å². The molecule has 0 rings (SSSR count). The van der Waals surface area contributed by atoms with Gasteiger partial charge in [0, 0.05) is 21.7 Å². The maximum Gasteiger partial charge on any atom is 0.320 e. The molecule has 0 aromatic rings. The first-order valence-corrected chi connectivity index (χ1v) is 5.16. The summed E-state index contributed by atoms with van der Waals surface area (Å²) < 4.78 is 17.7. The van der Waals surface area contributed by atoms with Crippen LogP contribution in [0.15, 0.2) is 0 Å². The summed E-state index contributed by atoms with van der Waals surface area (Å²) in [5.74, 6) is -1.07. The third-order valence-corrected chi connectivity index (χ3v) is 2.15. The van der Waals surface area contributed by atoms with Gasteiger partial charge < -0.3 is 17.0 Å². The number of aliphatic carboxylic acids is 1. The first-order valence-electron chi connectivity index (χ1n) is 3.03. The third kappa shape index (κ3) is 7.45. The summed E-state index contributed by atoms with van der Waals surface area (Å²) in [7, 11) is -2.60. The SMILES string of the molecule is CS(=N)(=O)CC[C@H](N)C(=O)O.N. The largest absolute Gasteiger partial charge is 0.480 e. The lowest BCUT2D eigenvalue weighted by molar-refractivity contribution is -0.138. The molecule has 0 aliphatic rings. The Morgan fingerprint density at radius 2 is 2.17 bits per heavy atom. The zero-order valence-electron chi connectivity index (χ0n) is 6.95. The van der Waals surface area contributed by atoms with Crippen LogP contribution in [0.5, 0.6) is 0 Å². The van der Waals surface area contributed by atoms with Gasteiger partial charge in [0.1, 0.15) is 6.04 Å². The molecule has 0 bridgehead atoms. The van der Waals surface area contributed by atoms with Crippen molar-refractivity contribution in [2.75, 3.05) is 12.0 Å². The molecule has 1 unspecified atom stereocenters. The third-order valence-electron chi connectivity index (χ3n) is 1.14. The van der Waals surface area contributed by atoms with E-state index in [1.54, 1.807) is 0 Å². The molecule has 0 amide bonds. The van der Waals surface area contributed by atoms with E-state index in [9.17, 15) is 9.00 Å². The molecule has 0 radical (unpaired) electrons. The Morgan fingerprint density at radius 3 is 2.42 bits per heavy atom. The molecule has 0 aliphatic carbocycles. The van der Waals surface area contributed by atoms with Crippen molar-refractivity contribution >= 4 is 15.7 Å². The fraction of sp³-hybridized carbons (Fsp3) is 0.800. The van der Waals surface area contributed by atoms with Crippen molar-refractivity contribution in [1.82, 2.24) is 6.15 Å². The number of carboxylic acid groups (broad SMARTS) is 1. The van der Waals surface area contributed by atoms with Crippen LogP contribution in [0.2, 0.25) is 0 Å². The van der Waals surface area contributed by atoms with Gasteiger partial charge in [-0.05, 0) is 6.42 Å². The van der Waals surface area contributed by atoms with Gasteiger partial charge in [0.25, 0.3) is 0 Å². The summed E-state index contributed by atoms with van der Waals surface area (Å²) in [6, 6.07) is -0.999. The zero-order valence-corrected chi connectivity index (χ0v) is 7.76. The fourth-order valence-corrected chi connectivity index (χ4v) is 1.18. The van der Waals surface area contributed by atoms with Gasteiger partial charge >= 0.3 is 5.97 Å². The molecule has 0 spiro atoms. The quantitative estimate of drug-likeness (QED) is 0.486. The molecular weight excluding hydrogens is 182 g/mol. The van der Waals surface area contributed by atoms with Gasteiger partial charge in [-0.1, -0.05) is 0 Å². The number of rotatable bonds is 4. The van der Waals surface area contributed by atoms with Gasteiger partial charge in [-0.2, -0.15) is 0 Å². The summed E-state index contributed by atoms with van der Waals surface area (Å²) in [4.78, 5) is 10.1. The molecule has 12 heavy (non-hydrogen) atoms. The first kappa shape index (κ1) is 13.9. The Kier molecular flexibility index (Phi) is 5.87. The van der Waals surface area contributed by atoms with E-state index in [0.717, 1.165) is 0 Å². The number of hydrogen-bond donors (Lipinski definition) is 4. The summed E-state index contributed by atoms with van der Waals surface area (Å²) >= 11 is 0. The number of hydrogen-bond acceptors (Lipinski definition) is 5. The molecule has 0 aromatic carbocycles. The Bertz CT molecular complexity index is 236. The minimum atomic E-state index is -2.60. The number of carboxylic acids is 1. The molecule has 0 saturated heterocycles. The Balaban J connectivity index is 0. The molecule has 2 atom stereocenters. The predicted molar refractivity (Wildman–Crippen MR) is 46.9 cm³/mol. The predicted octanol–water partition coefficient (Wildman–Crippen LogP) is -0.373. The summed E-state index contributed by atoms with van der Waals surface area (Å²) in [5.41, 5.74) is 5.12. The summed E-state index contributed by atoms with van der Waals surface area (Å²) in [6.07, 6.45) is 1.36. The number of nitrogens with two attached hydrogens (primary N) is 1. The van der Waals surface area contributed by atoms with E-state index < -0.39 is 21.7 Å².